The maximum Gasteiger partial charge on any atom is 0.266 e. The maximum absolute atomic E-state index is 13.6. The van der Waals surface area contributed by atoms with Crippen molar-refractivity contribution < 1.29 is 18.6 Å². The van der Waals surface area contributed by atoms with E-state index in [1.165, 1.54) is 11.8 Å². The van der Waals surface area contributed by atoms with Crippen LogP contribution in [0.5, 0.6) is 17.2 Å². The topological polar surface area (TPSA) is 88.6 Å². The Labute approximate surface area is 217 Å². The van der Waals surface area contributed by atoms with Crippen LogP contribution >= 0.6 is 11.8 Å². The van der Waals surface area contributed by atoms with E-state index in [0.29, 0.717) is 56.4 Å². The minimum atomic E-state index is -0.174. The number of ether oxygens (including phenoxy) is 3. The van der Waals surface area contributed by atoms with Crippen LogP contribution in [-0.4, -0.2) is 35.9 Å². The van der Waals surface area contributed by atoms with Gasteiger partial charge in [-0.3, -0.25) is 9.36 Å². The van der Waals surface area contributed by atoms with Gasteiger partial charge in [-0.2, -0.15) is 0 Å². The number of para-hydroxylation sites is 2. The second-order valence-electron chi connectivity index (χ2n) is 8.10. The van der Waals surface area contributed by atoms with Gasteiger partial charge in [0.25, 0.3) is 5.56 Å². The molecular weight excluding hydrogens is 490 g/mol. The van der Waals surface area contributed by atoms with E-state index in [2.05, 4.69) is 0 Å². The number of fused-ring (bicyclic) bond motifs is 1. The predicted molar refractivity (Wildman–Crippen MR) is 143 cm³/mol. The van der Waals surface area contributed by atoms with Crippen LogP contribution in [0.3, 0.4) is 0 Å². The lowest BCUT2D eigenvalue weighted by molar-refractivity contribution is 0.354. The largest absolute Gasteiger partial charge is 0.496 e. The smallest absolute Gasteiger partial charge is 0.266 e. The van der Waals surface area contributed by atoms with Crippen LogP contribution in [0.2, 0.25) is 0 Å². The molecule has 0 spiro atoms. The van der Waals surface area contributed by atoms with Crippen LogP contribution in [0.15, 0.2) is 81.1 Å². The fourth-order valence-corrected chi connectivity index (χ4v) is 5.05. The molecule has 0 radical (unpaired) electrons. The van der Waals surface area contributed by atoms with Gasteiger partial charge < -0.3 is 18.6 Å². The Balaban J connectivity index is 1.56. The summed E-state index contributed by atoms with van der Waals surface area (Å²) in [6, 6.07) is 20.2. The number of methoxy groups -OCH3 is 3. The number of rotatable bonds is 8. The molecule has 0 N–H and O–H groups in total. The van der Waals surface area contributed by atoms with E-state index < -0.39 is 0 Å². The third-order valence-corrected chi connectivity index (χ3v) is 6.89. The average molecular weight is 516 g/mol. The number of benzene rings is 3. The van der Waals surface area contributed by atoms with Crippen LogP contribution in [0.25, 0.3) is 28.0 Å². The number of hydrogen-bond donors (Lipinski definition) is 0. The quantitative estimate of drug-likeness (QED) is 0.193. The van der Waals surface area contributed by atoms with E-state index in [9.17, 15) is 4.79 Å². The zero-order chi connectivity index (χ0) is 25.9. The van der Waals surface area contributed by atoms with E-state index in [-0.39, 0.29) is 5.56 Å². The van der Waals surface area contributed by atoms with Crippen molar-refractivity contribution in [1.29, 1.82) is 0 Å². The molecule has 5 aromatic rings. The van der Waals surface area contributed by atoms with Crippen LogP contribution in [-0.2, 0) is 5.75 Å². The Bertz CT molecular complexity index is 1640. The van der Waals surface area contributed by atoms with Crippen molar-refractivity contribution >= 4 is 22.7 Å². The summed E-state index contributed by atoms with van der Waals surface area (Å²) in [7, 11) is 4.75. The second kappa shape index (κ2) is 10.4. The highest BCUT2D eigenvalue weighted by Crippen LogP contribution is 2.34. The van der Waals surface area contributed by atoms with E-state index in [1.54, 1.807) is 44.1 Å². The van der Waals surface area contributed by atoms with Gasteiger partial charge >= 0.3 is 0 Å². The summed E-state index contributed by atoms with van der Waals surface area (Å²) >= 11 is 1.41. The van der Waals surface area contributed by atoms with Crippen LogP contribution in [0.4, 0.5) is 0 Å². The van der Waals surface area contributed by atoms with Gasteiger partial charge in [0.05, 0.1) is 49.2 Å². The molecule has 0 unspecified atom stereocenters. The van der Waals surface area contributed by atoms with Crippen molar-refractivity contribution in [1.82, 2.24) is 14.5 Å². The fraction of sp³-hybridized carbons (Fsp3) is 0.179. The zero-order valence-electron chi connectivity index (χ0n) is 20.8. The lowest BCUT2D eigenvalue weighted by atomic mass is 10.2. The molecule has 0 aliphatic rings. The van der Waals surface area contributed by atoms with E-state index >= 15 is 0 Å². The molecule has 0 saturated carbocycles. The summed E-state index contributed by atoms with van der Waals surface area (Å²) in [6.45, 7) is 1.87. The lowest BCUT2D eigenvalue weighted by Crippen LogP contribution is -2.21. The third kappa shape index (κ3) is 4.65. The molecule has 0 amide bonds. The highest BCUT2D eigenvalue weighted by atomic mass is 32.2. The summed E-state index contributed by atoms with van der Waals surface area (Å²) in [4.78, 5) is 23.2. The Kier molecular flexibility index (Phi) is 6.87. The number of thioether (sulfide) groups is 1. The van der Waals surface area contributed by atoms with Crippen LogP contribution in [0.1, 0.15) is 11.5 Å². The Morgan fingerprint density at radius 1 is 0.865 bits per heavy atom. The lowest BCUT2D eigenvalue weighted by Gasteiger charge is -2.15. The summed E-state index contributed by atoms with van der Waals surface area (Å²) in [5, 5.41) is 1.05. The van der Waals surface area contributed by atoms with Crippen molar-refractivity contribution in [3.05, 3.63) is 88.5 Å². The molecule has 2 aromatic heterocycles. The van der Waals surface area contributed by atoms with Gasteiger partial charge in [-0.25, -0.2) is 9.97 Å². The van der Waals surface area contributed by atoms with Gasteiger partial charge in [0.15, 0.2) is 16.7 Å². The first-order valence-corrected chi connectivity index (χ1v) is 12.5. The molecule has 0 fully saturated rings. The molecule has 3 aromatic carbocycles. The molecule has 2 heterocycles. The van der Waals surface area contributed by atoms with Crippen molar-refractivity contribution in [3.63, 3.8) is 0 Å². The van der Waals surface area contributed by atoms with Crippen molar-refractivity contribution in [3.8, 4) is 34.4 Å². The Morgan fingerprint density at radius 2 is 1.59 bits per heavy atom. The van der Waals surface area contributed by atoms with E-state index in [1.807, 2.05) is 55.5 Å². The molecule has 0 bridgehead atoms. The van der Waals surface area contributed by atoms with Crippen molar-refractivity contribution in [2.75, 3.05) is 21.3 Å². The first-order valence-electron chi connectivity index (χ1n) is 11.5. The summed E-state index contributed by atoms with van der Waals surface area (Å²) in [5.41, 5.74) is 2.60. The van der Waals surface area contributed by atoms with Gasteiger partial charge in [-0.15, -0.1) is 0 Å². The van der Waals surface area contributed by atoms with Gasteiger partial charge in [0, 0.05) is 11.8 Å². The minimum Gasteiger partial charge on any atom is -0.496 e. The number of nitrogens with zero attached hydrogens (tertiary/aromatic N) is 3. The van der Waals surface area contributed by atoms with Gasteiger partial charge in [0.1, 0.15) is 11.5 Å². The fourth-order valence-electron chi connectivity index (χ4n) is 4.03. The van der Waals surface area contributed by atoms with Crippen LogP contribution in [0, 0.1) is 6.92 Å². The third-order valence-electron chi connectivity index (χ3n) is 5.94. The maximum atomic E-state index is 13.6. The zero-order valence-corrected chi connectivity index (χ0v) is 21.7. The Morgan fingerprint density at radius 3 is 2.38 bits per heavy atom. The molecular formula is C28H25N3O5S. The normalized spacial score (nSPS) is 11.0. The second-order valence-corrected chi connectivity index (χ2v) is 9.04. The molecule has 0 aliphatic carbocycles. The summed E-state index contributed by atoms with van der Waals surface area (Å²) in [5.74, 6) is 3.39. The Hall–Kier alpha value is -4.24. The molecule has 8 nitrogen and oxygen atoms in total. The van der Waals surface area contributed by atoms with Gasteiger partial charge in [-0.1, -0.05) is 36.0 Å². The molecule has 188 valence electrons. The number of aryl methyl sites for hydroxylation is 1. The molecule has 37 heavy (non-hydrogen) atoms. The SMILES string of the molecule is COc1ccc(-n2c(SCc3nc(-c4ccccc4OC)oc3C)nc3ccccc3c2=O)cc1OC. The van der Waals surface area contributed by atoms with Gasteiger partial charge in [-0.05, 0) is 43.3 Å². The predicted octanol–water partition coefficient (Wildman–Crippen LogP) is 5.67. The minimum absolute atomic E-state index is 0.174. The molecule has 0 aliphatic heterocycles. The molecule has 9 heteroatoms. The average Bonchev–Trinajstić information content (AvgIpc) is 3.31. The molecule has 5 rings (SSSR count). The standard InChI is InChI=1S/C28H25N3O5S/c1-17-22(29-26(36-17)20-10-6-8-12-23(20)33-2)16-37-28-30-21-11-7-5-9-19(21)27(32)31(28)18-13-14-24(34-3)25(15-18)35-4/h5-15H,16H2,1-4H3. The molecule has 0 atom stereocenters. The monoisotopic (exact) mass is 515 g/mol. The molecule has 0 saturated heterocycles. The number of aromatic nitrogens is 3. The van der Waals surface area contributed by atoms with Crippen molar-refractivity contribution in [2.24, 2.45) is 0 Å². The highest BCUT2D eigenvalue weighted by Gasteiger charge is 2.19. The summed E-state index contributed by atoms with van der Waals surface area (Å²) < 4.78 is 23.9. The van der Waals surface area contributed by atoms with Crippen LogP contribution < -0.4 is 19.8 Å². The first kappa shape index (κ1) is 24.5. The van der Waals surface area contributed by atoms with E-state index in [4.69, 9.17) is 28.6 Å². The van der Waals surface area contributed by atoms with E-state index in [0.717, 1.165) is 11.3 Å². The highest BCUT2D eigenvalue weighted by molar-refractivity contribution is 7.98. The summed E-state index contributed by atoms with van der Waals surface area (Å²) in [6.07, 6.45) is 0. The van der Waals surface area contributed by atoms with Crippen molar-refractivity contribution in [2.45, 2.75) is 17.8 Å². The first-order chi connectivity index (χ1) is 18.0. The number of hydrogen-bond acceptors (Lipinski definition) is 8. The number of oxazole rings is 1. The van der Waals surface area contributed by atoms with Gasteiger partial charge in [0.2, 0.25) is 5.89 Å².